The molecule has 2 fully saturated rings. The second kappa shape index (κ2) is 6.11. The quantitative estimate of drug-likeness (QED) is 0.855. The zero-order valence-electron chi connectivity index (χ0n) is 13.2. The van der Waals surface area contributed by atoms with Crippen LogP contribution in [-0.4, -0.2) is 42.8 Å². The average Bonchev–Trinajstić information content (AvgIpc) is 2.39. The minimum atomic E-state index is 0.356. The second-order valence-corrected chi connectivity index (χ2v) is 7.26. The van der Waals surface area contributed by atoms with Crippen molar-refractivity contribution < 1.29 is 4.74 Å². The minimum Gasteiger partial charge on any atom is -0.376 e. The summed E-state index contributed by atoms with van der Waals surface area (Å²) in [5, 5.41) is 0. The lowest BCUT2D eigenvalue weighted by atomic mass is 9.67. The van der Waals surface area contributed by atoms with Gasteiger partial charge in [0.25, 0.3) is 0 Å². The van der Waals surface area contributed by atoms with Gasteiger partial charge in [-0.2, -0.15) is 0 Å². The van der Waals surface area contributed by atoms with Crippen LogP contribution >= 0.6 is 0 Å². The Morgan fingerprint density at radius 3 is 2.68 bits per heavy atom. The van der Waals surface area contributed by atoms with Crippen molar-refractivity contribution in [2.45, 2.75) is 71.6 Å². The van der Waals surface area contributed by atoms with E-state index in [1.165, 1.54) is 25.7 Å². The van der Waals surface area contributed by atoms with Crippen molar-refractivity contribution in [1.29, 1.82) is 0 Å². The lowest BCUT2D eigenvalue weighted by Crippen LogP contribution is -2.56. The van der Waals surface area contributed by atoms with Crippen molar-refractivity contribution in [3.63, 3.8) is 0 Å². The zero-order valence-corrected chi connectivity index (χ0v) is 13.2. The summed E-state index contributed by atoms with van der Waals surface area (Å²) >= 11 is 0. The van der Waals surface area contributed by atoms with Crippen LogP contribution in [0.1, 0.15) is 53.4 Å². The molecule has 19 heavy (non-hydrogen) atoms. The molecule has 1 heterocycles. The van der Waals surface area contributed by atoms with Crippen LogP contribution in [-0.2, 0) is 4.74 Å². The molecule has 0 aromatic heterocycles. The first-order valence-corrected chi connectivity index (χ1v) is 8.05. The number of ether oxygens (including phenoxy) is 1. The Morgan fingerprint density at radius 2 is 2.05 bits per heavy atom. The van der Waals surface area contributed by atoms with Gasteiger partial charge in [0.15, 0.2) is 0 Å². The smallest absolute Gasteiger partial charge is 0.0674 e. The van der Waals surface area contributed by atoms with E-state index in [1.54, 1.807) is 0 Å². The first-order valence-electron chi connectivity index (χ1n) is 8.05. The monoisotopic (exact) mass is 268 g/mol. The van der Waals surface area contributed by atoms with Gasteiger partial charge in [0, 0.05) is 25.2 Å². The largest absolute Gasteiger partial charge is 0.376 e. The maximum atomic E-state index is 6.42. The number of hydrogen-bond acceptors (Lipinski definition) is 3. The highest BCUT2D eigenvalue weighted by molar-refractivity contribution is 4.94. The summed E-state index contributed by atoms with van der Waals surface area (Å²) in [4.78, 5) is 2.59. The van der Waals surface area contributed by atoms with Crippen LogP contribution in [0.4, 0.5) is 0 Å². The molecular formula is C16H32N2O. The molecule has 1 aliphatic heterocycles. The van der Waals surface area contributed by atoms with Crippen molar-refractivity contribution in [3.05, 3.63) is 0 Å². The molecule has 0 aromatic rings. The van der Waals surface area contributed by atoms with E-state index in [1.807, 2.05) is 0 Å². The summed E-state index contributed by atoms with van der Waals surface area (Å²) in [6.45, 7) is 12.3. The first kappa shape index (κ1) is 15.3. The topological polar surface area (TPSA) is 38.5 Å². The SMILES string of the molecule is CCC(C)(C)C1CCC(N)C(N2CCOC(C)C2)C1. The van der Waals surface area contributed by atoms with Gasteiger partial charge in [0.05, 0.1) is 12.7 Å². The molecule has 1 saturated heterocycles. The van der Waals surface area contributed by atoms with Gasteiger partial charge in [-0.1, -0.05) is 27.2 Å². The molecule has 2 N–H and O–H groups in total. The third kappa shape index (κ3) is 3.50. The van der Waals surface area contributed by atoms with Crippen molar-refractivity contribution in [3.8, 4) is 0 Å². The van der Waals surface area contributed by atoms with Crippen LogP contribution in [0.15, 0.2) is 0 Å². The predicted molar refractivity (Wildman–Crippen MR) is 80.2 cm³/mol. The highest BCUT2D eigenvalue weighted by Crippen LogP contribution is 2.41. The lowest BCUT2D eigenvalue weighted by molar-refractivity contribution is -0.0521. The van der Waals surface area contributed by atoms with Gasteiger partial charge in [-0.3, -0.25) is 4.90 Å². The predicted octanol–water partition coefficient (Wildman–Crippen LogP) is 2.64. The average molecular weight is 268 g/mol. The first-order chi connectivity index (χ1) is 8.94. The second-order valence-electron chi connectivity index (χ2n) is 7.26. The highest BCUT2D eigenvalue weighted by Gasteiger charge is 2.39. The molecule has 2 aliphatic rings. The molecule has 0 bridgehead atoms. The van der Waals surface area contributed by atoms with Crippen LogP contribution in [0.25, 0.3) is 0 Å². The molecule has 112 valence electrons. The van der Waals surface area contributed by atoms with E-state index in [-0.39, 0.29) is 0 Å². The van der Waals surface area contributed by atoms with E-state index >= 15 is 0 Å². The van der Waals surface area contributed by atoms with Gasteiger partial charge in [-0.05, 0) is 37.5 Å². The summed E-state index contributed by atoms with van der Waals surface area (Å²) in [5.74, 6) is 0.820. The molecule has 3 heteroatoms. The zero-order chi connectivity index (χ0) is 14.0. The van der Waals surface area contributed by atoms with Gasteiger partial charge in [0.2, 0.25) is 0 Å². The number of nitrogens with zero attached hydrogens (tertiary/aromatic N) is 1. The Bertz CT molecular complexity index is 292. The third-order valence-corrected chi connectivity index (χ3v) is 5.63. The molecule has 0 aromatic carbocycles. The van der Waals surface area contributed by atoms with Gasteiger partial charge in [-0.15, -0.1) is 0 Å². The molecule has 2 rings (SSSR count). The lowest BCUT2D eigenvalue weighted by Gasteiger charge is -2.47. The van der Waals surface area contributed by atoms with Gasteiger partial charge in [-0.25, -0.2) is 0 Å². The molecule has 3 nitrogen and oxygen atoms in total. The van der Waals surface area contributed by atoms with Crippen molar-refractivity contribution in [2.75, 3.05) is 19.7 Å². The maximum absolute atomic E-state index is 6.42. The van der Waals surface area contributed by atoms with E-state index in [9.17, 15) is 0 Å². The Kier molecular flexibility index (Phi) is 4.91. The number of morpholine rings is 1. The minimum absolute atomic E-state index is 0.356. The summed E-state index contributed by atoms with van der Waals surface area (Å²) in [5.41, 5.74) is 6.87. The van der Waals surface area contributed by atoms with E-state index in [2.05, 4.69) is 32.6 Å². The van der Waals surface area contributed by atoms with Gasteiger partial charge >= 0.3 is 0 Å². The highest BCUT2D eigenvalue weighted by atomic mass is 16.5. The molecule has 0 amide bonds. The van der Waals surface area contributed by atoms with E-state index in [0.717, 1.165) is 25.6 Å². The fourth-order valence-corrected chi connectivity index (χ4v) is 3.74. The van der Waals surface area contributed by atoms with E-state index < -0.39 is 0 Å². The van der Waals surface area contributed by atoms with Crippen LogP contribution in [0.2, 0.25) is 0 Å². The Morgan fingerprint density at radius 1 is 1.32 bits per heavy atom. The fourth-order valence-electron chi connectivity index (χ4n) is 3.74. The summed E-state index contributed by atoms with van der Waals surface area (Å²) in [6, 6.07) is 0.921. The Labute approximate surface area is 118 Å². The van der Waals surface area contributed by atoms with Crippen molar-refractivity contribution in [1.82, 2.24) is 4.90 Å². The van der Waals surface area contributed by atoms with Crippen LogP contribution in [0, 0.1) is 11.3 Å². The van der Waals surface area contributed by atoms with Crippen molar-refractivity contribution >= 4 is 0 Å². The Balaban J connectivity index is 2.02. The molecular weight excluding hydrogens is 236 g/mol. The molecule has 0 spiro atoms. The molecule has 1 aliphatic carbocycles. The number of rotatable bonds is 3. The summed E-state index contributed by atoms with van der Waals surface area (Å²) in [6.07, 6.45) is 5.39. The number of hydrogen-bond donors (Lipinski definition) is 1. The van der Waals surface area contributed by atoms with E-state index in [4.69, 9.17) is 10.5 Å². The Hall–Kier alpha value is -0.120. The standard InChI is InChI=1S/C16H32N2O/c1-5-16(3,4)13-6-7-14(17)15(10-13)18-8-9-19-12(2)11-18/h12-15H,5-11,17H2,1-4H3. The summed E-state index contributed by atoms with van der Waals surface area (Å²) in [7, 11) is 0. The summed E-state index contributed by atoms with van der Waals surface area (Å²) < 4.78 is 5.67. The molecule has 1 saturated carbocycles. The maximum Gasteiger partial charge on any atom is 0.0674 e. The van der Waals surface area contributed by atoms with Gasteiger partial charge < -0.3 is 10.5 Å². The van der Waals surface area contributed by atoms with Gasteiger partial charge in [0.1, 0.15) is 0 Å². The third-order valence-electron chi connectivity index (χ3n) is 5.63. The van der Waals surface area contributed by atoms with Crippen molar-refractivity contribution in [2.24, 2.45) is 17.1 Å². The fraction of sp³-hybridized carbons (Fsp3) is 1.00. The van der Waals surface area contributed by atoms with Crippen LogP contribution < -0.4 is 5.73 Å². The van der Waals surface area contributed by atoms with Crippen LogP contribution in [0.5, 0.6) is 0 Å². The van der Waals surface area contributed by atoms with Crippen LogP contribution in [0.3, 0.4) is 0 Å². The normalized spacial score (nSPS) is 38.4. The number of nitrogens with two attached hydrogens (primary N) is 1. The molecule has 4 atom stereocenters. The molecule has 0 radical (unpaired) electrons. The van der Waals surface area contributed by atoms with E-state index in [0.29, 0.717) is 23.6 Å². The molecule has 4 unspecified atom stereocenters.